The number of ether oxygens (including phenoxy) is 3. The molecule has 1 heterocycles. The van der Waals surface area contributed by atoms with E-state index in [0.717, 1.165) is 16.8 Å². The lowest BCUT2D eigenvalue weighted by Crippen LogP contribution is -2.22. The number of carbonyl (C=O) groups excluding carboxylic acids is 1. The molecule has 7 heteroatoms. The first-order chi connectivity index (χ1) is 15.6. The van der Waals surface area contributed by atoms with Crippen molar-refractivity contribution in [2.45, 2.75) is 19.6 Å². The number of hydrogen-bond donors (Lipinski definition) is 1. The zero-order valence-corrected chi connectivity index (χ0v) is 18.2. The van der Waals surface area contributed by atoms with Gasteiger partial charge in [0.25, 0.3) is 0 Å². The lowest BCUT2D eigenvalue weighted by Gasteiger charge is -2.17. The number of amides is 1. The molecule has 7 nitrogen and oxygen atoms in total. The monoisotopic (exact) mass is 431 g/mol. The van der Waals surface area contributed by atoms with Crippen LogP contribution in [-0.2, 0) is 11.3 Å². The van der Waals surface area contributed by atoms with E-state index < -0.39 is 0 Å². The zero-order chi connectivity index (χ0) is 22.5. The molecule has 1 N–H and O–H groups in total. The van der Waals surface area contributed by atoms with Gasteiger partial charge in [-0.1, -0.05) is 30.3 Å². The summed E-state index contributed by atoms with van der Waals surface area (Å²) in [5, 5.41) is 2.92. The van der Waals surface area contributed by atoms with Crippen molar-refractivity contribution in [2.75, 3.05) is 19.5 Å². The van der Waals surface area contributed by atoms with Crippen molar-refractivity contribution in [3.05, 3.63) is 78.6 Å². The molecule has 3 aromatic carbocycles. The molecule has 1 amide bonds. The molecule has 0 radical (unpaired) electrons. The minimum atomic E-state index is -0.348. The number of hydrogen-bond acceptors (Lipinski definition) is 5. The number of rotatable bonds is 8. The maximum atomic E-state index is 12.9. The highest BCUT2D eigenvalue weighted by Crippen LogP contribution is 2.30. The van der Waals surface area contributed by atoms with Crippen LogP contribution >= 0.6 is 0 Å². The summed E-state index contributed by atoms with van der Waals surface area (Å²) in [6.45, 7) is 2.02. The zero-order valence-electron chi connectivity index (χ0n) is 18.2. The molecule has 0 bridgehead atoms. The molecule has 0 saturated heterocycles. The van der Waals surface area contributed by atoms with Crippen LogP contribution in [0.15, 0.2) is 72.8 Å². The van der Waals surface area contributed by atoms with Gasteiger partial charge in [0.1, 0.15) is 12.3 Å². The van der Waals surface area contributed by atoms with Gasteiger partial charge in [0.15, 0.2) is 23.4 Å². The number of imidazole rings is 1. The van der Waals surface area contributed by atoms with Crippen molar-refractivity contribution in [3.8, 4) is 17.2 Å². The fourth-order valence-electron chi connectivity index (χ4n) is 3.58. The summed E-state index contributed by atoms with van der Waals surface area (Å²) in [6.07, 6.45) is -0.348. The van der Waals surface area contributed by atoms with E-state index in [1.165, 1.54) is 0 Å². The average molecular weight is 431 g/mol. The highest BCUT2D eigenvalue weighted by molar-refractivity contribution is 5.92. The number of carbonyl (C=O) groups is 1. The second kappa shape index (κ2) is 9.43. The van der Waals surface area contributed by atoms with Crippen molar-refractivity contribution in [3.63, 3.8) is 0 Å². The van der Waals surface area contributed by atoms with Gasteiger partial charge in [-0.15, -0.1) is 0 Å². The van der Waals surface area contributed by atoms with Gasteiger partial charge in [-0.25, -0.2) is 4.98 Å². The first kappa shape index (κ1) is 21.2. The standard InChI is InChI=1S/C25H25N3O4/c1-17(32-19-9-5-4-6-10-19)25-27-20-11-7-8-12-21(20)28(25)16-24(29)26-18-13-14-22(30-2)23(15-18)31-3/h4-15,17H,16H2,1-3H3,(H,26,29)/t17-/m1/s1. The third-order valence-corrected chi connectivity index (χ3v) is 5.07. The molecule has 164 valence electrons. The molecule has 0 aliphatic carbocycles. The Labute approximate surface area is 186 Å². The molecule has 4 aromatic rings. The Hall–Kier alpha value is -4.00. The fraction of sp³-hybridized carbons (Fsp3) is 0.200. The first-order valence-electron chi connectivity index (χ1n) is 10.3. The molecule has 4 rings (SSSR count). The Morgan fingerprint density at radius 1 is 0.969 bits per heavy atom. The van der Waals surface area contributed by atoms with Gasteiger partial charge >= 0.3 is 0 Å². The van der Waals surface area contributed by atoms with Gasteiger partial charge in [0.2, 0.25) is 5.91 Å². The van der Waals surface area contributed by atoms with E-state index in [9.17, 15) is 4.79 Å². The summed E-state index contributed by atoms with van der Waals surface area (Å²) >= 11 is 0. The summed E-state index contributed by atoms with van der Waals surface area (Å²) in [6, 6.07) is 22.5. The second-order valence-electron chi connectivity index (χ2n) is 7.24. The summed E-state index contributed by atoms with van der Waals surface area (Å²) in [5.74, 6) is 2.38. The Bertz CT molecular complexity index is 1220. The fourth-order valence-corrected chi connectivity index (χ4v) is 3.58. The Morgan fingerprint density at radius 3 is 2.44 bits per heavy atom. The molecule has 0 aliphatic rings. The minimum Gasteiger partial charge on any atom is -0.493 e. The summed E-state index contributed by atoms with van der Waals surface area (Å²) in [4.78, 5) is 17.7. The molecular formula is C25H25N3O4. The van der Waals surface area contributed by atoms with Gasteiger partial charge in [0.05, 0.1) is 25.3 Å². The van der Waals surface area contributed by atoms with E-state index in [4.69, 9.17) is 19.2 Å². The van der Waals surface area contributed by atoms with Crippen LogP contribution in [0.5, 0.6) is 17.2 Å². The number of aromatic nitrogens is 2. The van der Waals surface area contributed by atoms with Crippen molar-refractivity contribution >= 4 is 22.6 Å². The van der Waals surface area contributed by atoms with Crippen molar-refractivity contribution in [1.82, 2.24) is 9.55 Å². The molecular weight excluding hydrogens is 406 g/mol. The van der Waals surface area contributed by atoms with Crippen LogP contribution in [0.4, 0.5) is 5.69 Å². The van der Waals surface area contributed by atoms with Gasteiger partial charge in [-0.3, -0.25) is 4.79 Å². The van der Waals surface area contributed by atoms with Crippen LogP contribution in [0, 0.1) is 0 Å². The summed E-state index contributed by atoms with van der Waals surface area (Å²) in [7, 11) is 3.13. The lowest BCUT2D eigenvalue weighted by molar-refractivity contribution is -0.116. The summed E-state index contributed by atoms with van der Waals surface area (Å²) in [5.41, 5.74) is 2.30. The molecule has 0 fully saturated rings. The van der Waals surface area contributed by atoms with Crippen LogP contribution in [0.2, 0.25) is 0 Å². The predicted molar refractivity (Wildman–Crippen MR) is 123 cm³/mol. The van der Waals surface area contributed by atoms with E-state index >= 15 is 0 Å². The number of anilines is 1. The molecule has 0 saturated carbocycles. The lowest BCUT2D eigenvalue weighted by atomic mass is 10.2. The Balaban J connectivity index is 1.59. The van der Waals surface area contributed by atoms with Crippen molar-refractivity contribution in [1.29, 1.82) is 0 Å². The number of benzene rings is 3. The van der Waals surface area contributed by atoms with E-state index in [-0.39, 0.29) is 18.6 Å². The highest BCUT2D eigenvalue weighted by Gasteiger charge is 2.20. The molecule has 1 atom stereocenters. The van der Waals surface area contributed by atoms with E-state index in [1.807, 2.05) is 66.1 Å². The Kier molecular flexibility index (Phi) is 6.26. The van der Waals surface area contributed by atoms with E-state index in [0.29, 0.717) is 23.0 Å². The Morgan fingerprint density at radius 2 is 1.69 bits per heavy atom. The van der Waals surface area contributed by atoms with Crippen LogP contribution in [0.3, 0.4) is 0 Å². The van der Waals surface area contributed by atoms with E-state index in [2.05, 4.69) is 5.32 Å². The smallest absolute Gasteiger partial charge is 0.244 e. The van der Waals surface area contributed by atoms with Gasteiger partial charge in [-0.05, 0) is 43.3 Å². The normalized spacial score (nSPS) is 11.7. The SMILES string of the molecule is COc1ccc(NC(=O)Cn2c([C@@H](C)Oc3ccccc3)nc3ccccc32)cc1OC. The van der Waals surface area contributed by atoms with Gasteiger partial charge < -0.3 is 24.1 Å². The maximum absolute atomic E-state index is 12.9. The molecule has 1 aromatic heterocycles. The first-order valence-corrected chi connectivity index (χ1v) is 10.3. The molecule has 32 heavy (non-hydrogen) atoms. The van der Waals surface area contributed by atoms with Crippen LogP contribution in [-0.4, -0.2) is 29.7 Å². The predicted octanol–water partition coefficient (Wildman–Crippen LogP) is 4.83. The number of para-hydroxylation sites is 3. The third-order valence-electron chi connectivity index (χ3n) is 5.07. The van der Waals surface area contributed by atoms with Crippen LogP contribution < -0.4 is 19.5 Å². The number of nitrogens with one attached hydrogen (secondary N) is 1. The number of nitrogens with zero attached hydrogens (tertiary/aromatic N) is 2. The van der Waals surface area contributed by atoms with Gasteiger partial charge in [0, 0.05) is 11.8 Å². The van der Waals surface area contributed by atoms with Crippen LogP contribution in [0.25, 0.3) is 11.0 Å². The maximum Gasteiger partial charge on any atom is 0.244 e. The van der Waals surface area contributed by atoms with Crippen molar-refractivity contribution < 1.29 is 19.0 Å². The van der Waals surface area contributed by atoms with Gasteiger partial charge in [-0.2, -0.15) is 0 Å². The molecule has 0 unspecified atom stereocenters. The van der Waals surface area contributed by atoms with E-state index in [1.54, 1.807) is 32.4 Å². The molecule has 0 aliphatic heterocycles. The van der Waals surface area contributed by atoms with Crippen LogP contribution in [0.1, 0.15) is 18.9 Å². The van der Waals surface area contributed by atoms with Crippen molar-refractivity contribution in [2.24, 2.45) is 0 Å². The topological polar surface area (TPSA) is 74.6 Å². The second-order valence-corrected chi connectivity index (χ2v) is 7.24. The third kappa shape index (κ3) is 4.51. The average Bonchev–Trinajstić information content (AvgIpc) is 3.18. The summed E-state index contributed by atoms with van der Waals surface area (Å²) < 4.78 is 18.5. The molecule has 0 spiro atoms. The number of methoxy groups -OCH3 is 2. The quantitative estimate of drug-likeness (QED) is 0.432. The number of fused-ring (bicyclic) bond motifs is 1. The minimum absolute atomic E-state index is 0.0900. The highest BCUT2D eigenvalue weighted by atomic mass is 16.5. The largest absolute Gasteiger partial charge is 0.493 e.